The van der Waals surface area contributed by atoms with Crippen molar-refractivity contribution in [3.05, 3.63) is 18.1 Å². The van der Waals surface area contributed by atoms with E-state index in [4.69, 9.17) is 5.26 Å². The van der Waals surface area contributed by atoms with Crippen LogP contribution in [0.15, 0.2) is 12.4 Å². The first-order valence-corrected chi connectivity index (χ1v) is 5.93. The molecule has 1 N–H and O–H groups in total. The molecular formula is C12H14N4O. The second kappa shape index (κ2) is 3.97. The zero-order chi connectivity index (χ0) is 11.8. The maximum absolute atomic E-state index is 9.84. The Kier molecular flexibility index (Phi) is 2.45. The molecule has 2 fully saturated rings. The summed E-state index contributed by atoms with van der Waals surface area (Å²) in [7, 11) is 0. The van der Waals surface area contributed by atoms with E-state index in [1.165, 1.54) is 6.20 Å². The zero-order valence-electron chi connectivity index (χ0n) is 9.45. The van der Waals surface area contributed by atoms with E-state index in [1.807, 2.05) is 6.07 Å². The number of fused-ring (bicyclic) bond motifs is 1. The Bertz CT molecular complexity index is 453. The topological polar surface area (TPSA) is 73.0 Å². The van der Waals surface area contributed by atoms with E-state index in [2.05, 4.69) is 14.9 Å². The Labute approximate surface area is 99.7 Å². The Morgan fingerprint density at radius 1 is 1.29 bits per heavy atom. The molecule has 0 radical (unpaired) electrons. The van der Waals surface area contributed by atoms with Crippen LogP contribution in [0.25, 0.3) is 0 Å². The van der Waals surface area contributed by atoms with Crippen molar-refractivity contribution < 1.29 is 5.11 Å². The van der Waals surface area contributed by atoms with Gasteiger partial charge in [-0.3, -0.25) is 0 Å². The van der Waals surface area contributed by atoms with Gasteiger partial charge in [-0.05, 0) is 18.8 Å². The first-order chi connectivity index (χ1) is 8.28. The first-order valence-electron chi connectivity index (χ1n) is 5.93. The summed E-state index contributed by atoms with van der Waals surface area (Å²) in [6.07, 6.45) is 5.02. The molecule has 0 amide bonds. The van der Waals surface area contributed by atoms with Gasteiger partial charge in [-0.2, -0.15) is 5.26 Å². The third-order valence-electron chi connectivity index (χ3n) is 3.90. The molecule has 3 unspecified atom stereocenters. The van der Waals surface area contributed by atoms with Gasteiger partial charge in [-0.1, -0.05) is 0 Å². The highest BCUT2D eigenvalue weighted by Gasteiger charge is 2.42. The summed E-state index contributed by atoms with van der Waals surface area (Å²) in [6, 6.07) is 1.96. The lowest BCUT2D eigenvalue weighted by atomic mass is 10.00. The number of nitriles is 1. The number of aromatic nitrogens is 2. The minimum Gasteiger partial charge on any atom is -0.393 e. The van der Waals surface area contributed by atoms with E-state index in [9.17, 15) is 5.11 Å². The molecule has 1 aliphatic carbocycles. The van der Waals surface area contributed by atoms with Crippen molar-refractivity contribution in [3.8, 4) is 6.07 Å². The molecule has 5 heteroatoms. The van der Waals surface area contributed by atoms with Crippen molar-refractivity contribution in [2.45, 2.75) is 18.9 Å². The summed E-state index contributed by atoms with van der Waals surface area (Å²) in [5.74, 6) is 1.78. The number of rotatable bonds is 1. The molecule has 0 bridgehead atoms. The molecule has 3 rings (SSSR count). The first kappa shape index (κ1) is 10.5. The van der Waals surface area contributed by atoms with E-state index in [-0.39, 0.29) is 6.10 Å². The van der Waals surface area contributed by atoms with Crippen LogP contribution in [0.3, 0.4) is 0 Å². The Morgan fingerprint density at radius 3 is 2.82 bits per heavy atom. The molecule has 1 saturated carbocycles. The van der Waals surface area contributed by atoms with Crippen LogP contribution in [0.5, 0.6) is 0 Å². The summed E-state index contributed by atoms with van der Waals surface area (Å²) in [4.78, 5) is 10.4. The second-order valence-electron chi connectivity index (χ2n) is 4.85. The molecule has 17 heavy (non-hydrogen) atoms. The van der Waals surface area contributed by atoms with E-state index < -0.39 is 0 Å². The number of aliphatic hydroxyl groups excluding tert-OH is 1. The molecule has 1 aliphatic heterocycles. The number of hydrogen-bond acceptors (Lipinski definition) is 5. The number of aliphatic hydroxyl groups is 1. The highest BCUT2D eigenvalue weighted by atomic mass is 16.3. The SMILES string of the molecule is N#Cc1cnc(N2CC3CCC(O)C3C2)cn1. The van der Waals surface area contributed by atoms with Crippen molar-refractivity contribution in [1.82, 2.24) is 9.97 Å². The molecule has 2 heterocycles. The summed E-state index contributed by atoms with van der Waals surface area (Å²) in [6.45, 7) is 1.80. The lowest BCUT2D eigenvalue weighted by molar-refractivity contribution is 0.133. The van der Waals surface area contributed by atoms with Crippen LogP contribution in [-0.2, 0) is 0 Å². The summed E-state index contributed by atoms with van der Waals surface area (Å²) < 4.78 is 0. The summed E-state index contributed by atoms with van der Waals surface area (Å²) in [5, 5.41) is 18.5. The average Bonchev–Trinajstić information content (AvgIpc) is 2.92. The fourth-order valence-corrected chi connectivity index (χ4v) is 2.97. The summed E-state index contributed by atoms with van der Waals surface area (Å²) >= 11 is 0. The fourth-order valence-electron chi connectivity index (χ4n) is 2.97. The Morgan fingerprint density at radius 2 is 2.18 bits per heavy atom. The van der Waals surface area contributed by atoms with Crippen LogP contribution in [0.1, 0.15) is 18.5 Å². The van der Waals surface area contributed by atoms with E-state index in [0.717, 1.165) is 31.7 Å². The van der Waals surface area contributed by atoms with Gasteiger partial charge >= 0.3 is 0 Å². The molecule has 88 valence electrons. The smallest absolute Gasteiger partial charge is 0.158 e. The minimum absolute atomic E-state index is 0.156. The monoisotopic (exact) mass is 230 g/mol. The minimum atomic E-state index is -0.156. The van der Waals surface area contributed by atoms with Crippen LogP contribution < -0.4 is 4.90 Å². The largest absolute Gasteiger partial charge is 0.393 e. The van der Waals surface area contributed by atoms with Gasteiger partial charge < -0.3 is 10.0 Å². The normalized spacial score (nSPS) is 31.3. The lowest BCUT2D eigenvalue weighted by Crippen LogP contribution is -2.25. The maximum Gasteiger partial charge on any atom is 0.158 e. The van der Waals surface area contributed by atoms with Crippen LogP contribution >= 0.6 is 0 Å². The van der Waals surface area contributed by atoms with Gasteiger partial charge in [0.2, 0.25) is 0 Å². The van der Waals surface area contributed by atoms with Gasteiger partial charge in [0.25, 0.3) is 0 Å². The van der Waals surface area contributed by atoms with Crippen molar-refractivity contribution in [2.75, 3.05) is 18.0 Å². The predicted molar refractivity (Wildman–Crippen MR) is 61.2 cm³/mol. The van der Waals surface area contributed by atoms with Gasteiger partial charge in [0.15, 0.2) is 5.69 Å². The van der Waals surface area contributed by atoms with E-state index in [1.54, 1.807) is 6.20 Å². The lowest BCUT2D eigenvalue weighted by Gasteiger charge is -2.18. The highest BCUT2D eigenvalue weighted by Crippen LogP contribution is 2.39. The van der Waals surface area contributed by atoms with Gasteiger partial charge in [0, 0.05) is 19.0 Å². The quantitative estimate of drug-likeness (QED) is 0.763. The van der Waals surface area contributed by atoms with E-state index in [0.29, 0.717) is 17.5 Å². The standard InChI is InChI=1S/C12H14N4O/c13-3-9-4-15-12(5-14-9)16-6-8-1-2-11(17)10(8)7-16/h4-5,8,10-11,17H,1-2,6-7H2. The zero-order valence-corrected chi connectivity index (χ0v) is 9.45. The van der Waals surface area contributed by atoms with Gasteiger partial charge in [-0.25, -0.2) is 9.97 Å². The maximum atomic E-state index is 9.84. The average molecular weight is 230 g/mol. The molecule has 0 aromatic carbocycles. The molecule has 0 spiro atoms. The highest BCUT2D eigenvalue weighted by molar-refractivity contribution is 5.39. The van der Waals surface area contributed by atoms with Crippen LogP contribution in [0.4, 0.5) is 5.82 Å². The third kappa shape index (κ3) is 1.75. The van der Waals surface area contributed by atoms with Crippen LogP contribution in [0, 0.1) is 23.2 Å². The van der Waals surface area contributed by atoms with Crippen LogP contribution in [-0.4, -0.2) is 34.3 Å². The van der Waals surface area contributed by atoms with Crippen molar-refractivity contribution >= 4 is 5.82 Å². The fraction of sp³-hybridized carbons (Fsp3) is 0.583. The Balaban J connectivity index is 1.76. The number of hydrogen-bond donors (Lipinski definition) is 1. The molecule has 1 saturated heterocycles. The van der Waals surface area contributed by atoms with Crippen molar-refractivity contribution in [2.24, 2.45) is 11.8 Å². The van der Waals surface area contributed by atoms with E-state index >= 15 is 0 Å². The van der Waals surface area contributed by atoms with Crippen molar-refractivity contribution in [3.63, 3.8) is 0 Å². The molecule has 3 atom stereocenters. The van der Waals surface area contributed by atoms with Gasteiger partial charge in [-0.15, -0.1) is 0 Å². The second-order valence-corrected chi connectivity index (χ2v) is 4.85. The molecule has 1 aromatic rings. The molecular weight excluding hydrogens is 216 g/mol. The van der Waals surface area contributed by atoms with Gasteiger partial charge in [0.05, 0.1) is 18.5 Å². The predicted octanol–water partition coefficient (Wildman–Crippen LogP) is 0.555. The van der Waals surface area contributed by atoms with Crippen molar-refractivity contribution in [1.29, 1.82) is 5.26 Å². The molecule has 5 nitrogen and oxygen atoms in total. The third-order valence-corrected chi connectivity index (χ3v) is 3.90. The number of anilines is 1. The summed E-state index contributed by atoms with van der Waals surface area (Å²) in [5.41, 5.74) is 0.341. The van der Waals surface area contributed by atoms with Crippen LogP contribution in [0.2, 0.25) is 0 Å². The molecule has 2 aliphatic rings. The molecule has 1 aromatic heterocycles. The number of nitrogens with zero attached hydrogens (tertiary/aromatic N) is 4. The Hall–Kier alpha value is -1.67. The van der Waals surface area contributed by atoms with Gasteiger partial charge in [0.1, 0.15) is 11.9 Å².